The van der Waals surface area contributed by atoms with E-state index in [2.05, 4.69) is 10.3 Å². The van der Waals surface area contributed by atoms with Crippen LogP contribution in [-0.4, -0.2) is 29.1 Å². The van der Waals surface area contributed by atoms with Gasteiger partial charge in [-0.25, -0.2) is 0 Å². The molecule has 5 heteroatoms. The van der Waals surface area contributed by atoms with Crippen LogP contribution in [0.4, 0.5) is 0 Å². The Hall–Kier alpha value is -2.40. The van der Waals surface area contributed by atoms with Crippen molar-refractivity contribution < 1.29 is 14.6 Å². The zero-order chi connectivity index (χ0) is 15.1. The molecule has 21 heavy (non-hydrogen) atoms. The maximum absolute atomic E-state index is 12.2. The van der Waals surface area contributed by atoms with Crippen molar-refractivity contribution >= 4 is 5.91 Å². The van der Waals surface area contributed by atoms with Gasteiger partial charge in [-0.2, -0.15) is 0 Å². The molecule has 0 fully saturated rings. The van der Waals surface area contributed by atoms with Crippen molar-refractivity contribution in [1.29, 1.82) is 0 Å². The maximum atomic E-state index is 12.2. The molecule has 0 aliphatic heterocycles. The summed E-state index contributed by atoms with van der Waals surface area (Å²) < 4.78 is 5.69. The van der Waals surface area contributed by atoms with Crippen molar-refractivity contribution in [2.24, 2.45) is 5.92 Å². The molecule has 1 aromatic heterocycles. The highest BCUT2D eigenvalue weighted by Crippen LogP contribution is 2.24. The van der Waals surface area contributed by atoms with Crippen molar-refractivity contribution in [2.75, 3.05) is 13.2 Å². The Morgan fingerprint density at radius 3 is 2.86 bits per heavy atom. The standard InChI is InChI=1S/C16H18N2O3/c1-12(11-19)9-18-16(20)14-6-2-3-7-15(14)21-13-5-4-8-17-10-13/h2-8,10,12,19H,9,11H2,1H3,(H,18,20). The van der Waals surface area contributed by atoms with E-state index in [0.29, 0.717) is 23.6 Å². The molecule has 1 unspecified atom stereocenters. The van der Waals surface area contributed by atoms with Crippen LogP contribution in [0.2, 0.25) is 0 Å². The minimum atomic E-state index is -0.227. The molecular formula is C16H18N2O3. The van der Waals surface area contributed by atoms with Gasteiger partial charge in [-0.1, -0.05) is 19.1 Å². The highest BCUT2D eigenvalue weighted by Gasteiger charge is 2.13. The van der Waals surface area contributed by atoms with Gasteiger partial charge in [-0.3, -0.25) is 9.78 Å². The Balaban J connectivity index is 2.11. The van der Waals surface area contributed by atoms with Crippen LogP contribution < -0.4 is 10.1 Å². The van der Waals surface area contributed by atoms with Gasteiger partial charge in [0.1, 0.15) is 11.5 Å². The van der Waals surface area contributed by atoms with Crippen molar-refractivity contribution in [3.05, 3.63) is 54.4 Å². The smallest absolute Gasteiger partial charge is 0.255 e. The topological polar surface area (TPSA) is 71.5 Å². The molecule has 0 aliphatic rings. The predicted octanol–water partition coefficient (Wildman–Crippen LogP) is 2.23. The lowest BCUT2D eigenvalue weighted by atomic mass is 10.1. The molecule has 2 rings (SSSR count). The molecule has 0 spiro atoms. The zero-order valence-corrected chi connectivity index (χ0v) is 11.8. The maximum Gasteiger partial charge on any atom is 0.255 e. The van der Waals surface area contributed by atoms with Crippen molar-refractivity contribution in [3.8, 4) is 11.5 Å². The number of para-hydroxylation sites is 1. The number of nitrogens with one attached hydrogen (secondary N) is 1. The normalized spacial score (nSPS) is 11.7. The van der Waals surface area contributed by atoms with Gasteiger partial charge in [0.05, 0.1) is 11.8 Å². The molecule has 1 atom stereocenters. The number of aliphatic hydroxyl groups is 1. The second kappa shape index (κ2) is 7.40. The van der Waals surface area contributed by atoms with Crippen LogP contribution in [0.3, 0.4) is 0 Å². The predicted molar refractivity (Wildman–Crippen MR) is 79.3 cm³/mol. The first-order valence-corrected chi connectivity index (χ1v) is 6.76. The van der Waals surface area contributed by atoms with Crippen molar-refractivity contribution in [1.82, 2.24) is 10.3 Å². The summed E-state index contributed by atoms with van der Waals surface area (Å²) in [5.74, 6) is 0.830. The Morgan fingerprint density at radius 1 is 1.33 bits per heavy atom. The average molecular weight is 286 g/mol. The number of nitrogens with zero attached hydrogens (tertiary/aromatic N) is 1. The van der Waals surface area contributed by atoms with Crippen LogP contribution in [-0.2, 0) is 0 Å². The second-order valence-electron chi connectivity index (χ2n) is 4.78. The van der Waals surface area contributed by atoms with Gasteiger partial charge < -0.3 is 15.2 Å². The summed E-state index contributed by atoms with van der Waals surface area (Å²) in [4.78, 5) is 16.2. The molecule has 0 bridgehead atoms. The van der Waals surface area contributed by atoms with Crippen molar-refractivity contribution in [3.63, 3.8) is 0 Å². The number of carbonyl (C=O) groups is 1. The van der Waals surface area contributed by atoms with E-state index in [0.717, 1.165) is 0 Å². The van der Waals surface area contributed by atoms with Gasteiger partial charge in [-0.15, -0.1) is 0 Å². The summed E-state index contributed by atoms with van der Waals surface area (Å²) in [6, 6.07) is 10.6. The number of hydrogen-bond donors (Lipinski definition) is 2. The fourth-order valence-electron chi connectivity index (χ4n) is 1.70. The molecular weight excluding hydrogens is 268 g/mol. The van der Waals surface area contributed by atoms with E-state index in [4.69, 9.17) is 9.84 Å². The number of benzene rings is 1. The Morgan fingerprint density at radius 2 is 2.14 bits per heavy atom. The fourth-order valence-corrected chi connectivity index (χ4v) is 1.70. The Labute approximate surface area is 123 Å². The first kappa shape index (κ1) is 15.0. The highest BCUT2D eigenvalue weighted by molar-refractivity contribution is 5.97. The molecule has 1 amide bonds. The number of rotatable bonds is 6. The third-order valence-corrected chi connectivity index (χ3v) is 2.92. The largest absolute Gasteiger partial charge is 0.455 e. The lowest BCUT2D eigenvalue weighted by molar-refractivity contribution is 0.0940. The summed E-state index contributed by atoms with van der Waals surface area (Å²) in [6.45, 7) is 2.31. The van der Waals surface area contributed by atoms with Gasteiger partial charge in [0.2, 0.25) is 0 Å². The Bertz CT molecular complexity index is 587. The highest BCUT2D eigenvalue weighted by atomic mass is 16.5. The second-order valence-corrected chi connectivity index (χ2v) is 4.78. The number of pyridine rings is 1. The molecule has 2 N–H and O–H groups in total. The molecule has 5 nitrogen and oxygen atoms in total. The molecule has 1 aromatic carbocycles. The number of amides is 1. The van der Waals surface area contributed by atoms with Crippen molar-refractivity contribution in [2.45, 2.75) is 6.92 Å². The minimum Gasteiger partial charge on any atom is -0.455 e. The quantitative estimate of drug-likeness (QED) is 0.854. The van der Waals surface area contributed by atoms with E-state index >= 15 is 0 Å². The van der Waals surface area contributed by atoms with Crippen LogP contribution >= 0.6 is 0 Å². The molecule has 0 aliphatic carbocycles. The minimum absolute atomic E-state index is 0.0142. The van der Waals surface area contributed by atoms with E-state index in [1.54, 1.807) is 48.8 Å². The van der Waals surface area contributed by atoms with E-state index in [1.165, 1.54) is 0 Å². The molecule has 0 saturated heterocycles. The van der Waals surface area contributed by atoms with Crippen LogP contribution in [0, 0.1) is 5.92 Å². The number of hydrogen-bond acceptors (Lipinski definition) is 4. The Kier molecular flexibility index (Phi) is 5.29. The van der Waals surface area contributed by atoms with E-state index < -0.39 is 0 Å². The van der Waals surface area contributed by atoms with Crippen LogP contribution in [0.25, 0.3) is 0 Å². The molecule has 2 aromatic rings. The van der Waals surface area contributed by atoms with Gasteiger partial charge >= 0.3 is 0 Å². The SMILES string of the molecule is CC(CO)CNC(=O)c1ccccc1Oc1cccnc1. The monoisotopic (exact) mass is 286 g/mol. The molecule has 110 valence electrons. The zero-order valence-electron chi connectivity index (χ0n) is 11.8. The number of aliphatic hydroxyl groups excluding tert-OH is 1. The van der Waals surface area contributed by atoms with Gasteiger partial charge in [0, 0.05) is 19.3 Å². The first-order chi connectivity index (χ1) is 10.2. The van der Waals surface area contributed by atoms with E-state index in [-0.39, 0.29) is 18.4 Å². The number of aromatic nitrogens is 1. The number of ether oxygens (including phenoxy) is 1. The molecule has 0 radical (unpaired) electrons. The first-order valence-electron chi connectivity index (χ1n) is 6.76. The van der Waals surface area contributed by atoms with E-state index in [9.17, 15) is 4.79 Å². The summed E-state index contributed by atoms with van der Waals surface area (Å²) in [5, 5.41) is 11.8. The summed E-state index contributed by atoms with van der Waals surface area (Å²) in [6.07, 6.45) is 3.24. The van der Waals surface area contributed by atoms with E-state index in [1.807, 2.05) is 6.92 Å². The van der Waals surface area contributed by atoms with Gasteiger partial charge in [-0.05, 0) is 30.2 Å². The third-order valence-electron chi connectivity index (χ3n) is 2.92. The van der Waals surface area contributed by atoms with Gasteiger partial charge in [0.15, 0.2) is 0 Å². The lowest BCUT2D eigenvalue weighted by Crippen LogP contribution is -2.29. The molecule has 0 saturated carbocycles. The summed E-state index contributed by atoms with van der Waals surface area (Å²) >= 11 is 0. The fraction of sp³-hybridized carbons (Fsp3) is 0.250. The van der Waals surface area contributed by atoms with Crippen LogP contribution in [0.15, 0.2) is 48.8 Å². The average Bonchev–Trinajstić information content (AvgIpc) is 2.53. The third kappa shape index (κ3) is 4.29. The number of carbonyl (C=O) groups excluding carboxylic acids is 1. The van der Waals surface area contributed by atoms with Crippen LogP contribution in [0.1, 0.15) is 17.3 Å². The van der Waals surface area contributed by atoms with Crippen LogP contribution in [0.5, 0.6) is 11.5 Å². The lowest BCUT2D eigenvalue weighted by Gasteiger charge is -2.13. The summed E-state index contributed by atoms with van der Waals surface area (Å²) in [5.41, 5.74) is 0.450. The summed E-state index contributed by atoms with van der Waals surface area (Å²) in [7, 11) is 0. The molecule has 1 heterocycles. The van der Waals surface area contributed by atoms with Gasteiger partial charge in [0.25, 0.3) is 5.91 Å².